The molecule has 7 nitrogen and oxygen atoms in total. The van der Waals surface area contributed by atoms with E-state index < -0.39 is 22.0 Å². The van der Waals surface area contributed by atoms with Crippen molar-refractivity contribution in [3.05, 3.63) is 0 Å². The van der Waals surface area contributed by atoms with E-state index in [0.29, 0.717) is 0 Å². The van der Waals surface area contributed by atoms with Gasteiger partial charge in [0.15, 0.2) is 0 Å². The van der Waals surface area contributed by atoms with Crippen LogP contribution >= 0.6 is 0 Å². The molecule has 58 valence electrons. The quantitative estimate of drug-likeness (QED) is 0.390. The molecule has 0 aromatic rings. The molecular weight excluding hydrogens is 242 g/mol. The van der Waals surface area contributed by atoms with Crippen LogP contribution < -0.4 is 113 Å². The molecule has 0 saturated heterocycles. The predicted octanol–water partition coefficient (Wildman–Crippen LogP) is -10.1. The summed E-state index contributed by atoms with van der Waals surface area (Å²) < 4.78 is 25.0. The third kappa shape index (κ3) is 5.77. The van der Waals surface area contributed by atoms with Crippen molar-refractivity contribution < 1.29 is 127 Å². The van der Waals surface area contributed by atoms with Gasteiger partial charge < -0.3 is 15.7 Å². The molecule has 1 aliphatic heterocycles. The Hall–Kier alpha value is 2.12. The minimum Gasteiger partial charge on any atom is -0.857 e. The second-order valence-corrected chi connectivity index (χ2v) is 2.50. The number of hydrogen-bond acceptors (Lipinski definition) is 4. The van der Waals surface area contributed by atoms with Gasteiger partial charge in [0.1, 0.15) is 0 Å². The molecule has 1 rings (SSSR count). The Labute approximate surface area is 154 Å². The first-order valence-corrected chi connectivity index (χ1v) is 3.20. The maximum absolute atomic E-state index is 10.1. The molecule has 0 spiro atoms. The molecule has 2 N–H and O–H groups in total. The van der Waals surface area contributed by atoms with Crippen LogP contribution in [0.3, 0.4) is 0 Å². The monoisotopic (exact) mass is 244 g/mol. The molecule has 0 aliphatic carbocycles. The third-order valence-electron chi connectivity index (χ3n) is 0.579. The summed E-state index contributed by atoms with van der Waals surface area (Å²) in [6.07, 6.45) is 0. The molecule has 0 fully saturated rings. The average Bonchev–Trinajstić information content (AvgIpc) is 1.79. The minimum absolute atomic E-state index is 0. The molecule has 12 heavy (non-hydrogen) atoms. The van der Waals surface area contributed by atoms with Gasteiger partial charge in [0.25, 0.3) is 0 Å². The first-order chi connectivity index (χ1) is 4.01. The van der Waals surface area contributed by atoms with E-state index in [2.05, 4.69) is 8.80 Å². The molecular formula is C2H2K2N2O5S. The summed E-state index contributed by atoms with van der Waals surface area (Å²) in [5.41, 5.74) is 0. The van der Waals surface area contributed by atoms with Gasteiger partial charge in [-0.15, -0.1) is 0 Å². The van der Waals surface area contributed by atoms with Crippen LogP contribution in [0.15, 0.2) is 8.80 Å². The summed E-state index contributed by atoms with van der Waals surface area (Å²) in [6, 6.07) is 0. The SMILES string of the molecule is O.O=S1(=O)N=C([O-])C([O-])=N1.[K+].[K+]. The van der Waals surface area contributed by atoms with Gasteiger partial charge in [-0.3, -0.25) is 0 Å². The molecule has 0 radical (unpaired) electrons. The molecule has 10 heteroatoms. The maximum Gasteiger partial charge on any atom is 1.00 e. The van der Waals surface area contributed by atoms with Crippen molar-refractivity contribution in [1.82, 2.24) is 0 Å². The minimum atomic E-state index is -4.09. The second-order valence-electron chi connectivity index (χ2n) is 1.24. The molecule has 0 atom stereocenters. The van der Waals surface area contributed by atoms with Gasteiger partial charge >= 0.3 is 113 Å². The van der Waals surface area contributed by atoms with E-state index in [0.717, 1.165) is 0 Å². The van der Waals surface area contributed by atoms with Gasteiger partial charge in [0.2, 0.25) is 0 Å². The van der Waals surface area contributed by atoms with Gasteiger partial charge in [-0.25, -0.2) is 0 Å². The molecule has 0 unspecified atom stereocenters. The fourth-order valence-electron chi connectivity index (χ4n) is 0.308. The summed E-state index contributed by atoms with van der Waals surface area (Å²) in [5.74, 6) is -2.65. The Bertz CT molecular complexity index is 271. The summed E-state index contributed by atoms with van der Waals surface area (Å²) >= 11 is 0. The number of nitrogens with zero attached hydrogens (tertiary/aromatic N) is 2. The van der Waals surface area contributed by atoms with E-state index in [9.17, 15) is 18.6 Å². The van der Waals surface area contributed by atoms with Crippen LogP contribution in [0.4, 0.5) is 0 Å². The molecule has 0 saturated carbocycles. The Kier molecular flexibility index (Phi) is 12.2. The van der Waals surface area contributed by atoms with E-state index in [1.165, 1.54) is 0 Å². The van der Waals surface area contributed by atoms with Gasteiger partial charge in [-0.1, -0.05) is 0 Å². The number of rotatable bonds is 0. The summed E-state index contributed by atoms with van der Waals surface area (Å²) in [7, 11) is -4.09. The summed E-state index contributed by atoms with van der Waals surface area (Å²) in [6.45, 7) is 0. The average molecular weight is 244 g/mol. The zero-order valence-electron chi connectivity index (χ0n) is 6.44. The van der Waals surface area contributed by atoms with Gasteiger partial charge in [0, 0.05) is 11.8 Å². The van der Waals surface area contributed by atoms with Gasteiger partial charge in [-0.2, -0.15) is 17.2 Å². The van der Waals surface area contributed by atoms with Gasteiger partial charge in [0.05, 0.1) is 0 Å². The van der Waals surface area contributed by atoms with Crippen LogP contribution in [0.5, 0.6) is 0 Å². The van der Waals surface area contributed by atoms with E-state index in [1.54, 1.807) is 0 Å². The smallest absolute Gasteiger partial charge is 0.857 e. The molecule has 0 aromatic carbocycles. The van der Waals surface area contributed by atoms with Crippen molar-refractivity contribution in [3.8, 4) is 0 Å². The van der Waals surface area contributed by atoms with E-state index >= 15 is 0 Å². The van der Waals surface area contributed by atoms with Crippen LogP contribution in [0, 0.1) is 0 Å². The zero-order chi connectivity index (χ0) is 7.07. The first-order valence-electron chi connectivity index (χ1n) is 1.80. The standard InChI is InChI=1S/C2H2N2O4S.2K.H2O/c5-1-2(6)4-9(7,8)3-1;;;/h(H,3,5)(H,4,6);;;1H2/q;2*+1;/p-2. The Morgan fingerprint density at radius 3 is 1.33 bits per heavy atom. The normalized spacial score (nSPS) is 17.3. The van der Waals surface area contributed by atoms with E-state index in [4.69, 9.17) is 0 Å². The van der Waals surface area contributed by atoms with Crippen molar-refractivity contribution in [1.29, 1.82) is 0 Å². The van der Waals surface area contributed by atoms with Crippen LogP contribution in [0.2, 0.25) is 0 Å². The molecule has 0 bridgehead atoms. The first kappa shape index (κ1) is 19.7. The molecule has 1 heterocycles. The van der Waals surface area contributed by atoms with Crippen molar-refractivity contribution in [2.24, 2.45) is 8.80 Å². The van der Waals surface area contributed by atoms with Crippen molar-refractivity contribution in [3.63, 3.8) is 0 Å². The van der Waals surface area contributed by atoms with Crippen LogP contribution in [-0.2, 0) is 10.2 Å². The second kappa shape index (κ2) is 7.42. The van der Waals surface area contributed by atoms with Crippen molar-refractivity contribution in [2.75, 3.05) is 0 Å². The Morgan fingerprint density at radius 2 is 1.25 bits per heavy atom. The fraction of sp³-hybridized carbons (Fsp3) is 0. The summed E-state index contributed by atoms with van der Waals surface area (Å²) in [4.78, 5) is 0. The van der Waals surface area contributed by atoms with Crippen LogP contribution in [-0.4, -0.2) is 25.7 Å². The maximum atomic E-state index is 10.1. The van der Waals surface area contributed by atoms with E-state index in [1.807, 2.05) is 0 Å². The largest absolute Gasteiger partial charge is 1.00 e. The Balaban J connectivity index is -0.000000270. The Morgan fingerprint density at radius 1 is 1.00 bits per heavy atom. The number of hydrogen-bond donors (Lipinski definition) is 0. The van der Waals surface area contributed by atoms with Crippen LogP contribution in [0.25, 0.3) is 0 Å². The molecule has 0 amide bonds. The third-order valence-corrected chi connectivity index (χ3v) is 1.37. The molecule has 1 aliphatic rings. The van der Waals surface area contributed by atoms with E-state index in [-0.39, 0.29) is 108 Å². The predicted molar refractivity (Wildman–Crippen MR) is 27.4 cm³/mol. The fourth-order valence-corrected chi connectivity index (χ4v) is 0.924. The van der Waals surface area contributed by atoms with Crippen LogP contribution in [0.1, 0.15) is 0 Å². The zero-order valence-corrected chi connectivity index (χ0v) is 13.5. The topological polar surface area (TPSA) is 136 Å². The van der Waals surface area contributed by atoms with Crippen molar-refractivity contribution in [2.45, 2.75) is 0 Å². The molecule has 0 aromatic heterocycles. The summed E-state index contributed by atoms with van der Waals surface area (Å²) in [5, 5.41) is 20.0. The van der Waals surface area contributed by atoms with Gasteiger partial charge in [-0.05, 0) is 0 Å². The van der Waals surface area contributed by atoms with Crippen molar-refractivity contribution >= 4 is 22.0 Å².